The third-order valence-electron chi connectivity index (χ3n) is 3.78. The maximum atomic E-state index is 4.65. The zero-order valence-corrected chi connectivity index (χ0v) is 13.8. The molecule has 3 aromatic rings. The van der Waals surface area contributed by atoms with Crippen LogP contribution < -0.4 is 0 Å². The Labute approximate surface area is 137 Å². The van der Waals surface area contributed by atoms with Gasteiger partial charge in [-0.05, 0) is 36.6 Å². The molecule has 3 nitrogen and oxygen atoms in total. The fraction of sp³-hybridized carbons (Fsp3) is 0.250. The molecular weight excluding hydrogens is 282 g/mol. The molecule has 0 unspecified atom stereocenters. The Bertz CT molecular complexity index is 792. The highest BCUT2D eigenvalue weighted by atomic mass is 14.9. The second-order valence-corrected chi connectivity index (χ2v) is 6.20. The lowest BCUT2D eigenvalue weighted by atomic mass is 10.0. The van der Waals surface area contributed by atoms with Gasteiger partial charge in [0.2, 0.25) is 0 Å². The molecule has 2 heterocycles. The number of rotatable bonds is 4. The lowest BCUT2D eigenvalue weighted by Crippen LogP contribution is -2.01. The normalized spacial score (nSPS) is 11.0. The van der Waals surface area contributed by atoms with Crippen molar-refractivity contribution >= 4 is 0 Å². The Morgan fingerprint density at radius 3 is 2.43 bits per heavy atom. The molecule has 0 fully saturated rings. The van der Waals surface area contributed by atoms with Crippen molar-refractivity contribution in [1.29, 1.82) is 0 Å². The second-order valence-electron chi connectivity index (χ2n) is 6.20. The van der Waals surface area contributed by atoms with Gasteiger partial charge in [-0.3, -0.25) is 4.98 Å². The Morgan fingerprint density at radius 1 is 0.913 bits per heavy atom. The first-order valence-electron chi connectivity index (χ1n) is 7.98. The van der Waals surface area contributed by atoms with Crippen LogP contribution in [-0.4, -0.2) is 15.0 Å². The Kier molecular flexibility index (Phi) is 4.47. The van der Waals surface area contributed by atoms with Crippen LogP contribution in [0.15, 0.2) is 54.9 Å². The van der Waals surface area contributed by atoms with Gasteiger partial charge in [0.25, 0.3) is 0 Å². The van der Waals surface area contributed by atoms with Crippen molar-refractivity contribution < 1.29 is 0 Å². The summed E-state index contributed by atoms with van der Waals surface area (Å²) in [6.07, 6.45) is 4.61. The quantitative estimate of drug-likeness (QED) is 0.700. The fourth-order valence-corrected chi connectivity index (χ4v) is 2.59. The van der Waals surface area contributed by atoms with E-state index in [1.807, 2.05) is 30.6 Å². The SMILES string of the molecule is Cc1ccccc1-c1ccc(-c2ccnc(CC(C)C)n2)cn1. The van der Waals surface area contributed by atoms with Gasteiger partial charge in [-0.15, -0.1) is 0 Å². The molecular formula is C20H21N3. The van der Waals surface area contributed by atoms with E-state index in [2.05, 4.69) is 60.0 Å². The van der Waals surface area contributed by atoms with E-state index in [1.54, 1.807) is 0 Å². The van der Waals surface area contributed by atoms with Crippen LogP contribution in [0.2, 0.25) is 0 Å². The van der Waals surface area contributed by atoms with E-state index in [9.17, 15) is 0 Å². The van der Waals surface area contributed by atoms with Gasteiger partial charge in [-0.2, -0.15) is 0 Å². The van der Waals surface area contributed by atoms with E-state index in [1.165, 1.54) is 11.1 Å². The van der Waals surface area contributed by atoms with E-state index in [0.717, 1.165) is 29.2 Å². The van der Waals surface area contributed by atoms with Crippen molar-refractivity contribution in [1.82, 2.24) is 15.0 Å². The molecule has 0 aliphatic carbocycles. The molecule has 0 aliphatic heterocycles. The van der Waals surface area contributed by atoms with Crippen LogP contribution >= 0.6 is 0 Å². The zero-order valence-electron chi connectivity index (χ0n) is 13.8. The molecule has 0 aliphatic rings. The summed E-state index contributed by atoms with van der Waals surface area (Å²) in [6, 6.07) is 14.4. The number of benzene rings is 1. The van der Waals surface area contributed by atoms with Gasteiger partial charge in [-0.25, -0.2) is 9.97 Å². The second kappa shape index (κ2) is 6.69. The summed E-state index contributed by atoms with van der Waals surface area (Å²) in [5, 5.41) is 0. The molecule has 0 amide bonds. The predicted molar refractivity (Wildman–Crippen MR) is 94.0 cm³/mol. The van der Waals surface area contributed by atoms with Crippen LogP contribution in [0, 0.1) is 12.8 Å². The summed E-state index contributed by atoms with van der Waals surface area (Å²) >= 11 is 0. The Morgan fingerprint density at radius 2 is 1.74 bits per heavy atom. The largest absolute Gasteiger partial charge is 0.256 e. The molecule has 3 rings (SSSR count). The van der Waals surface area contributed by atoms with Crippen LogP contribution in [-0.2, 0) is 6.42 Å². The number of aryl methyl sites for hydroxylation is 1. The van der Waals surface area contributed by atoms with Gasteiger partial charge < -0.3 is 0 Å². The Balaban J connectivity index is 1.89. The van der Waals surface area contributed by atoms with Crippen molar-refractivity contribution in [2.75, 3.05) is 0 Å². The monoisotopic (exact) mass is 303 g/mol. The zero-order chi connectivity index (χ0) is 16.2. The third kappa shape index (κ3) is 3.62. The summed E-state index contributed by atoms with van der Waals surface area (Å²) in [4.78, 5) is 13.6. The first kappa shape index (κ1) is 15.3. The molecule has 23 heavy (non-hydrogen) atoms. The minimum Gasteiger partial charge on any atom is -0.256 e. The molecule has 0 saturated carbocycles. The van der Waals surface area contributed by atoms with Gasteiger partial charge in [-0.1, -0.05) is 38.1 Å². The minimum atomic E-state index is 0.548. The smallest absolute Gasteiger partial charge is 0.129 e. The van der Waals surface area contributed by atoms with Crippen LogP contribution in [0.5, 0.6) is 0 Å². The van der Waals surface area contributed by atoms with Crippen molar-refractivity contribution in [2.45, 2.75) is 27.2 Å². The first-order chi connectivity index (χ1) is 11.1. The maximum Gasteiger partial charge on any atom is 0.129 e. The molecule has 2 aromatic heterocycles. The summed E-state index contributed by atoms with van der Waals surface area (Å²) in [5.74, 6) is 1.44. The highest BCUT2D eigenvalue weighted by Gasteiger charge is 2.07. The van der Waals surface area contributed by atoms with E-state index in [4.69, 9.17) is 0 Å². The predicted octanol–water partition coefficient (Wildman–Crippen LogP) is 4.71. The molecule has 0 spiro atoms. The molecule has 1 aromatic carbocycles. The molecule has 0 bridgehead atoms. The number of pyridine rings is 1. The van der Waals surface area contributed by atoms with Gasteiger partial charge in [0.05, 0.1) is 11.4 Å². The van der Waals surface area contributed by atoms with Gasteiger partial charge in [0.15, 0.2) is 0 Å². The highest BCUT2D eigenvalue weighted by Crippen LogP contribution is 2.23. The van der Waals surface area contributed by atoms with E-state index < -0.39 is 0 Å². The first-order valence-corrected chi connectivity index (χ1v) is 7.98. The minimum absolute atomic E-state index is 0.548. The van der Waals surface area contributed by atoms with Crippen molar-refractivity contribution in [3.8, 4) is 22.5 Å². The van der Waals surface area contributed by atoms with Crippen molar-refractivity contribution in [3.63, 3.8) is 0 Å². The molecule has 0 radical (unpaired) electrons. The third-order valence-corrected chi connectivity index (χ3v) is 3.78. The van der Waals surface area contributed by atoms with E-state index in [0.29, 0.717) is 5.92 Å². The highest BCUT2D eigenvalue weighted by molar-refractivity contribution is 5.66. The molecule has 0 atom stereocenters. The van der Waals surface area contributed by atoms with Crippen LogP contribution in [0.3, 0.4) is 0 Å². The van der Waals surface area contributed by atoms with Gasteiger partial charge in [0, 0.05) is 29.9 Å². The maximum absolute atomic E-state index is 4.65. The van der Waals surface area contributed by atoms with Crippen LogP contribution in [0.25, 0.3) is 22.5 Å². The number of hydrogen-bond acceptors (Lipinski definition) is 3. The van der Waals surface area contributed by atoms with Crippen LogP contribution in [0.1, 0.15) is 25.2 Å². The lowest BCUT2D eigenvalue weighted by molar-refractivity contribution is 0.621. The fourth-order valence-electron chi connectivity index (χ4n) is 2.59. The topological polar surface area (TPSA) is 38.7 Å². The standard InChI is InChI=1S/C20H21N3/c1-14(2)12-20-21-11-10-18(23-20)16-8-9-19(22-13-16)17-7-5-4-6-15(17)3/h4-11,13-14H,12H2,1-3H3. The van der Waals surface area contributed by atoms with Crippen LogP contribution in [0.4, 0.5) is 0 Å². The summed E-state index contributed by atoms with van der Waals surface area (Å²) in [6.45, 7) is 6.46. The number of aromatic nitrogens is 3. The average Bonchev–Trinajstić information content (AvgIpc) is 2.55. The summed E-state index contributed by atoms with van der Waals surface area (Å²) in [7, 11) is 0. The number of hydrogen-bond donors (Lipinski definition) is 0. The summed E-state index contributed by atoms with van der Waals surface area (Å²) in [5.41, 5.74) is 5.34. The molecule has 3 heteroatoms. The van der Waals surface area contributed by atoms with E-state index in [-0.39, 0.29) is 0 Å². The van der Waals surface area contributed by atoms with E-state index >= 15 is 0 Å². The lowest BCUT2D eigenvalue weighted by Gasteiger charge is -2.08. The molecule has 0 N–H and O–H groups in total. The Hall–Kier alpha value is -2.55. The van der Waals surface area contributed by atoms with Gasteiger partial charge in [0.1, 0.15) is 5.82 Å². The van der Waals surface area contributed by atoms with Gasteiger partial charge >= 0.3 is 0 Å². The molecule has 116 valence electrons. The molecule has 0 saturated heterocycles. The average molecular weight is 303 g/mol. The van der Waals surface area contributed by atoms with Crippen molar-refractivity contribution in [3.05, 3.63) is 66.2 Å². The number of nitrogens with zero attached hydrogens (tertiary/aromatic N) is 3. The summed E-state index contributed by atoms with van der Waals surface area (Å²) < 4.78 is 0. The van der Waals surface area contributed by atoms with Crippen molar-refractivity contribution in [2.24, 2.45) is 5.92 Å².